The maximum absolute atomic E-state index is 12.1. The Labute approximate surface area is 165 Å². The number of carbonyl (C=O) groups excluding carboxylic acids is 3. The first-order valence-corrected chi connectivity index (χ1v) is 9.34. The van der Waals surface area contributed by atoms with Gasteiger partial charge in [0.25, 0.3) is 11.8 Å². The summed E-state index contributed by atoms with van der Waals surface area (Å²) in [5.41, 5.74) is 2.43. The fourth-order valence-corrected chi connectivity index (χ4v) is 2.77. The van der Waals surface area contributed by atoms with Crippen LogP contribution in [0.4, 0.5) is 0 Å². The Morgan fingerprint density at radius 3 is 2.46 bits per heavy atom. The summed E-state index contributed by atoms with van der Waals surface area (Å²) in [5.74, 6) is -1.40. The third-order valence-corrected chi connectivity index (χ3v) is 4.15. The van der Waals surface area contributed by atoms with Crippen LogP contribution in [0.3, 0.4) is 0 Å². The summed E-state index contributed by atoms with van der Waals surface area (Å²) in [6.07, 6.45) is 1.70. The molecule has 0 spiro atoms. The van der Waals surface area contributed by atoms with Crippen LogP contribution in [0.2, 0.25) is 0 Å². The molecule has 2 aromatic carbocycles. The average molecular weight is 382 g/mol. The summed E-state index contributed by atoms with van der Waals surface area (Å²) in [6, 6.07) is 16.6. The highest BCUT2D eigenvalue weighted by Crippen LogP contribution is 2.17. The predicted molar refractivity (Wildman–Crippen MR) is 107 cm³/mol. The molecule has 148 valence electrons. The molecule has 2 rings (SSSR count). The minimum Gasteiger partial charge on any atom is -0.454 e. The van der Waals surface area contributed by atoms with E-state index in [1.54, 1.807) is 18.2 Å². The van der Waals surface area contributed by atoms with E-state index in [-0.39, 0.29) is 31.0 Å². The second-order valence-electron chi connectivity index (χ2n) is 6.53. The molecule has 0 heterocycles. The molecule has 0 aliphatic carbocycles. The summed E-state index contributed by atoms with van der Waals surface area (Å²) in [7, 11) is 0. The van der Waals surface area contributed by atoms with Gasteiger partial charge in [-0.1, -0.05) is 61.4 Å². The number of hydrogen-bond donors (Lipinski definition) is 2. The highest BCUT2D eigenvalue weighted by atomic mass is 16.5. The lowest BCUT2D eigenvalue weighted by molar-refractivity contribution is -0.147. The van der Waals surface area contributed by atoms with E-state index in [4.69, 9.17) is 4.74 Å². The minimum atomic E-state index is -0.664. The first-order chi connectivity index (χ1) is 13.5. The zero-order valence-corrected chi connectivity index (χ0v) is 16.2. The van der Waals surface area contributed by atoms with Gasteiger partial charge in [0.2, 0.25) is 0 Å². The highest BCUT2D eigenvalue weighted by Gasteiger charge is 2.15. The Hall–Kier alpha value is -3.15. The number of rotatable bonds is 9. The third kappa shape index (κ3) is 6.87. The summed E-state index contributed by atoms with van der Waals surface area (Å²) in [5, 5.41) is 5.37. The van der Waals surface area contributed by atoms with E-state index in [0.29, 0.717) is 5.56 Å². The van der Waals surface area contributed by atoms with Crippen LogP contribution >= 0.6 is 0 Å². The number of amides is 2. The molecule has 0 aliphatic heterocycles. The van der Waals surface area contributed by atoms with Crippen molar-refractivity contribution in [3.63, 3.8) is 0 Å². The number of aryl methyl sites for hydroxylation is 1. The first kappa shape index (κ1) is 21.2. The molecule has 6 heteroatoms. The zero-order chi connectivity index (χ0) is 20.4. The van der Waals surface area contributed by atoms with Gasteiger partial charge in [0.05, 0.1) is 6.04 Å². The van der Waals surface area contributed by atoms with Gasteiger partial charge in [-0.25, -0.2) is 0 Å². The predicted octanol–water partition coefficient (Wildman–Crippen LogP) is 2.93. The maximum Gasteiger partial charge on any atom is 0.325 e. The highest BCUT2D eigenvalue weighted by molar-refractivity contribution is 5.96. The van der Waals surface area contributed by atoms with Crippen molar-refractivity contribution in [2.75, 3.05) is 13.2 Å². The van der Waals surface area contributed by atoms with Gasteiger partial charge in [-0.05, 0) is 31.0 Å². The third-order valence-electron chi connectivity index (χ3n) is 4.15. The lowest BCUT2D eigenvalue weighted by atomic mass is 10.0. The Kier molecular flexibility index (Phi) is 8.21. The lowest BCUT2D eigenvalue weighted by Gasteiger charge is -2.18. The molecule has 2 amide bonds. The molecule has 0 aliphatic rings. The van der Waals surface area contributed by atoms with E-state index in [9.17, 15) is 14.4 Å². The molecule has 0 fully saturated rings. The normalized spacial score (nSPS) is 11.4. The first-order valence-electron chi connectivity index (χ1n) is 9.34. The summed E-state index contributed by atoms with van der Waals surface area (Å²) in [6.45, 7) is 3.24. The summed E-state index contributed by atoms with van der Waals surface area (Å²) in [4.78, 5) is 36.0. The van der Waals surface area contributed by atoms with E-state index < -0.39 is 5.97 Å². The van der Waals surface area contributed by atoms with Gasteiger partial charge in [0.15, 0.2) is 6.61 Å². The SMILES string of the molecule is CCCC(NC(=O)COC(=O)CNC(=O)c1cccc(C)c1)c1ccccc1. The molecule has 0 saturated carbocycles. The minimum absolute atomic E-state index is 0.126. The molecule has 1 unspecified atom stereocenters. The molecule has 0 saturated heterocycles. The fraction of sp³-hybridized carbons (Fsp3) is 0.318. The van der Waals surface area contributed by atoms with E-state index in [2.05, 4.69) is 10.6 Å². The van der Waals surface area contributed by atoms with Crippen LogP contribution in [0.5, 0.6) is 0 Å². The summed E-state index contributed by atoms with van der Waals surface area (Å²) >= 11 is 0. The second kappa shape index (κ2) is 10.9. The largest absolute Gasteiger partial charge is 0.454 e. The summed E-state index contributed by atoms with van der Waals surface area (Å²) < 4.78 is 4.96. The topological polar surface area (TPSA) is 84.5 Å². The smallest absolute Gasteiger partial charge is 0.325 e. The molecule has 0 aromatic heterocycles. The van der Waals surface area contributed by atoms with Crippen molar-refractivity contribution < 1.29 is 19.1 Å². The Bertz CT molecular complexity index is 805. The van der Waals surface area contributed by atoms with Crippen LogP contribution in [0.25, 0.3) is 0 Å². The van der Waals surface area contributed by atoms with E-state index in [1.165, 1.54) is 0 Å². The molecule has 28 heavy (non-hydrogen) atoms. The average Bonchev–Trinajstić information content (AvgIpc) is 2.70. The number of nitrogens with one attached hydrogen (secondary N) is 2. The molecule has 0 bridgehead atoms. The quantitative estimate of drug-likeness (QED) is 0.653. The lowest BCUT2D eigenvalue weighted by Crippen LogP contribution is -2.35. The molecular weight excluding hydrogens is 356 g/mol. The number of hydrogen-bond acceptors (Lipinski definition) is 4. The van der Waals surface area contributed by atoms with Crippen molar-refractivity contribution in [3.05, 3.63) is 71.3 Å². The van der Waals surface area contributed by atoms with Gasteiger partial charge in [-0.2, -0.15) is 0 Å². The van der Waals surface area contributed by atoms with Gasteiger partial charge >= 0.3 is 5.97 Å². The molecular formula is C22H26N2O4. The molecule has 6 nitrogen and oxygen atoms in total. The van der Waals surface area contributed by atoms with Crippen LogP contribution in [0, 0.1) is 6.92 Å². The van der Waals surface area contributed by atoms with Gasteiger partial charge in [-0.3, -0.25) is 14.4 Å². The number of carbonyl (C=O) groups is 3. The Balaban J connectivity index is 1.76. The zero-order valence-electron chi connectivity index (χ0n) is 16.2. The van der Waals surface area contributed by atoms with E-state index in [1.807, 2.05) is 50.2 Å². The van der Waals surface area contributed by atoms with Crippen molar-refractivity contribution in [2.24, 2.45) is 0 Å². The van der Waals surface area contributed by atoms with Crippen LogP contribution in [-0.2, 0) is 14.3 Å². The van der Waals surface area contributed by atoms with Crippen molar-refractivity contribution in [2.45, 2.75) is 32.7 Å². The Morgan fingerprint density at radius 1 is 1.04 bits per heavy atom. The monoisotopic (exact) mass is 382 g/mol. The molecule has 2 aromatic rings. The van der Waals surface area contributed by atoms with Crippen LogP contribution < -0.4 is 10.6 Å². The van der Waals surface area contributed by atoms with Gasteiger partial charge in [0.1, 0.15) is 6.54 Å². The number of benzene rings is 2. The number of esters is 1. The van der Waals surface area contributed by atoms with Crippen molar-refractivity contribution in [3.8, 4) is 0 Å². The molecule has 0 radical (unpaired) electrons. The molecule has 1 atom stereocenters. The fourth-order valence-electron chi connectivity index (χ4n) is 2.77. The van der Waals surface area contributed by atoms with Crippen molar-refractivity contribution >= 4 is 17.8 Å². The van der Waals surface area contributed by atoms with Crippen LogP contribution in [-0.4, -0.2) is 30.9 Å². The van der Waals surface area contributed by atoms with Crippen LogP contribution in [0.15, 0.2) is 54.6 Å². The number of ether oxygens (including phenoxy) is 1. The van der Waals surface area contributed by atoms with Gasteiger partial charge in [0, 0.05) is 5.56 Å². The Morgan fingerprint density at radius 2 is 1.79 bits per heavy atom. The van der Waals surface area contributed by atoms with Crippen molar-refractivity contribution in [1.29, 1.82) is 0 Å². The second-order valence-corrected chi connectivity index (χ2v) is 6.53. The maximum atomic E-state index is 12.1. The van der Waals surface area contributed by atoms with Crippen LogP contribution in [0.1, 0.15) is 47.3 Å². The standard InChI is InChI=1S/C22H26N2O4/c1-3-8-19(17-10-5-4-6-11-17)24-20(25)15-28-21(26)14-23-22(27)18-12-7-9-16(2)13-18/h4-7,9-13,19H,3,8,14-15H2,1-2H3,(H,23,27)(H,24,25). The van der Waals surface area contributed by atoms with Crippen molar-refractivity contribution in [1.82, 2.24) is 10.6 Å². The van der Waals surface area contributed by atoms with E-state index >= 15 is 0 Å². The van der Waals surface area contributed by atoms with Gasteiger partial charge in [-0.15, -0.1) is 0 Å². The van der Waals surface area contributed by atoms with Gasteiger partial charge < -0.3 is 15.4 Å². The van der Waals surface area contributed by atoms with E-state index in [0.717, 1.165) is 24.0 Å². The molecule has 2 N–H and O–H groups in total.